The van der Waals surface area contributed by atoms with Crippen molar-refractivity contribution in [2.24, 2.45) is 11.7 Å². The molecular formula is C10H15N5. The summed E-state index contributed by atoms with van der Waals surface area (Å²) < 4.78 is 0. The van der Waals surface area contributed by atoms with Crippen molar-refractivity contribution in [2.45, 2.75) is 31.7 Å². The number of nitrogens with zero attached hydrogens (tertiary/aromatic N) is 4. The molecule has 1 aliphatic carbocycles. The summed E-state index contributed by atoms with van der Waals surface area (Å²) in [5.41, 5.74) is 6.07. The van der Waals surface area contributed by atoms with E-state index in [0.29, 0.717) is 17.7 Å². The largest absolute Gasteiger partial charge is 0.330 e. The van der Waals surface area contributed by atoms with Gasteiger partial charge in [-0.1, -0.05) is 6.42 Å². The Kier molecular flexibility index (Phi) is 2.97. The summed E-state index contributed by atoms with van der Waals surface area (Å²) in [7, 11) is 0. The maximum Gasteiger partial charge on any atom is 0.182 e. The van der Waals surface area contributed by atoms with E-state index in [1.54, 1.807) is 4.80 Å². The first-order valence-electron chi connectivity index (χ1n) is 5.35. The van der Waals surface area contributed by atoms with Crippen molar-refractivity contribution in [3.05, 3.63) is 11.9 Å². The predicted molar refractivity (Wildman–Crippen MR) is 54.8 cm³/mol. The molecule has 2 unspecified atom stereocenters. The number of aromatic nitrogens is 3. The van der Waals surface area contributed by atoms with Crippen LogP contribution in [-0.2, 0) is 0 Å². The molecule has 0 saturated heterocycles. The van der Waals surface area contributed by atoms with Gasteiger partial charge in [-0.05, 0) is 31.7 Å². The van der Waals surface area contributed by atoms with Crippen LogP contribution in [0.15, 0.2) is 6.20 Å². The predicted octanol–water partition coefficient (Wildman–Crippen LogP) is 0.840. The van der Waals surface area contributed by atoms with Crippen LogP contribution < -0.4 is 5.73 Å². The zero-order chi connectivity index (χ0) is 10.7. The average molecular weight is 205 g/mol. The Balaban J connectivity index is 2.07. The molecule has 1 saturated carbocycles. The van der Waals surface area contributed by atoms with E-state index in [9.17, 15) is 0 Å². The Bertz CT molecular complexity index is 364. The third-order valence-corrected chi connectivity index (χ3v) is 3.04. The molecule has 0 aromatic carbocycles. The van der Waals surface area contributed by atoms with Gasteiger partial charge >= 0.3 is 0 Å². The van der Waals surface area contributed by atoms with Gasteiger partial charge in [-0.25, -0.2) is 0 Å². The van der Waals surface area contributed by atoms with Gasteiger partial charge in [-0.15, -0.1) is 5.10 Å². The van der Waals surface area contributed by atoms with Gasteiger partial charge in [0.25, 0.3) is 0 Å². The van der Waals surface area contributed by atoms with E-state index in [1.807, 2.05) is 6.07 Å². The van der Waals surface area contributed by atoms with Crippen molar-refractivity contribution in [1.82, 2.24) is 15.0 Å². The Labute approximate surface area is 88.9 Å². The fraction of sp³-hybridized carbons (Fsp3) is 0.700. The van der Waals surface area contributed by atoms with Crippen LogP contribution in [0.5, 0.6) is 0 Å². The lowest BCUT2D eigenvalue weighted by Crippen LogP contribution is -2.25. The quantitative estimate of drug-likeness (QED) is 0.775. The van der Waals surface area contributed by atoms with Crippen molar-refractivity contribution < 1.29 is 0 Å². The van der Waals surface area contributed by atoms with Crippen molar-refractivity contribution in [1.29, 1.82) is 5.26 Å². The first kappa shape index (κ1) is 10.1. The summed E-state index contributed by atoms with van der Waals surface area (Å²) in [4.78, 5) is 1.68. The summed E-state index contributed by atoms with van der Waals surface area (Å²) in [5, 5.41) is 16.9. The van der Waals surface area contributed by atoms with Crippen LogP contribution in [0.2, 0.25) is 0 Å². The van der Waals surface area contributed by atoms with Gasteiger partial charge in [0.15, 0.2) is 5.69 Å². The van der Waals surface area contributed by atoms with Crippen LogP contribution in [0.25, 0.3) is 0 Å². The highest BCUT2D eigenvalue weighted by Gasteiger charge is 2.23. The van der Waals surface area contributed by atoms with Crippen LogP contribution in [0.3, 0.4) is 0 Å². The molecule has 1 aromatic rings. The third-order valence-electron chi connectivity index (χ3n) is 3.04. The molecule has 0 bridgehead atoms. The van der Waals surface area contributed by atoms with Gasteiger partial charge in [0.1, 0.15) is 6.07 Å². The Hall–Kier alpha value is -1.41. The zero-order valence-corrected chi connectivity index (χ0v) is 8.63. The Morgan fingerprint density at radius 1 is 1.60 bits per heavy atom. The maximum atomic E-state index is 8.66. The lowest BCUT2D eigenvalue weighted by Gasteiger charge is -2.27. The molecule has 5 heteroatoms. The first-order chi connectivity index (χ1) is 7.33. The Morgan fingerprint density at radius 3 is 3.13 bits per heavy atom. The average Bonchev–Trinajstić information content (AvgIpc) is 2.78. The molecule has 2 N–H and O–H groups in total. The summed E-state index contributed by atoms with van der Waals surface area (Å²) in [6, 6.07) is 2.32. The fourth-order valence-corrected chi connectivity index (χ4v) is 2.19. The molecule has 1 fully saturated rings. The standard InChI is InChI=1S/C10H15N5/c11-5-8-2-1-3-10(4-8)15-13-7-9(6-12)14-15/h7-8,10H,1-5,11H2. The highest BCUT2D eigenvalue weighted by molar-refractivity contribution is 5.12. The number of hydrogen-bond donors (Lipinski definition) is 1. The molecule has 0 spiro atoms. The molecular weight excluding hydrogens is 190 g/mol. The van der Waals surface area contributed by atoms with E-state index in [-0.39, 0.29) is 0 Å². The monoisotopic (exact) mass is 205 g/mol. The minimum Gasteiger partial charge on any atom is -0.330 e. The molecule has 1 aromatic heterocycles. The second kappa shape index (κ2) is 4.41. The van der Waals surface area contributed by atoms with E-state index in [4.69, 9.17) is 11.0 Å². The molecule has 0 aliphatic heterocycles. The molecule has 0 radical (unpaired) electrons. The van der Waals surface area contributed by atoms with Gasteiger partial charge in [0.05, 0.1) is 12.2 Å². The molecule has 5 nitrogen and oxygen atoms in total. The van der Waals surface area contributed by atoms with E-state index < -0.39 is 0 Å². The van der Waals surface area contributed by atoms with E-state index in [2.05, 4.69) is 10.2 Å². The number of rotatable bonds is 2. The zero-order valence-electron chi connectivity index (χ0n) is 8.63. The van der Waals surface area contributed by atoms with E-state index >= 15 is 0 Å². The summed E-state index contributed by atoms with van der Waals surface area (Å²) in [6.45, 7) is 0.739. The van der Waals surface area contributed by atoms with Crippen LogP contribution in [0, 0.1) is 17.2 Å². The van der Waals surface area contributed by atoms with Crippen LogP contribution >= 0.6 is 0 Å². The molecule has 15 heavy (non-hydrogen) atoms. The number of hydrogen-bond acceptors (Lipinski definition) is 4. The molecule has 0 amide bonds. The molecule has 80 valence electrons. The van der Waals surface area contributed by atoms with Crippen molar-refractivity contribution >= 4 is 0 Å². The first-order valence-corrected chi connectivity index (χ1v) is 5.35. The van der Waals surface area contributed by atoms with Gasteiger partial charge < -0.3 is 5.73 Å². The summed E-state index contributed by atoms with van der Waals surface area (Å²) >= 11 is 0. The highest BCUT2D eigenvalue weighted by atomic mass is 15.5. The highest BCUT2D eigenvalue weighted by Crippen LogP contribution is 2.30. The lowest BCUT2D eigenvalue weighted by atomic mass is 9.86. The van der Waals surface area contributed by atoms with Crippen molar-refractivity contribution in [3.63, 3.8) is 0 Å². The van der Waals surface area contributed by atoms with Gasteiger partial charge in [-0.3, -0.25) is 0 Å². The van der Waals surface area contributed by atoms with Gasteiger partial charge in [0, 0.05) is 0 Å². The van der Waals surface area contributed by atoms with E-state index in [0.717, 1.165) is 19.4 Å². The summed E-state index contributed by atoms with van der Waals surface area (Å²) in [6.07, 6.45) is 6.04. The fourth-order valence-electron chi connectivity index (χ4n) is 2.19. The minimum absolute atomic E-state index is 0.328. The SMILES string of the molecule is N#Cc1cnn(C2CCCC(CN)C2)n1. The van der Waals surface area contributed by atoms with Crippen LogP contribution in [-0.4, -0.2) is 21.5 Å². The smallest absolute Gasteiger partial charge is 0.182 e. The Morgan fingerprint density at radius 2 is 2.47 bits per heavy atom. The van der Waals surface area contributed by atoms with Crippen LogP contribution in [0.4, 0.5) is 0 Å². The summed E-state index contributed by atoms with van der Waals surface area (Å²) in [5.74, 6) is 0.584. The maximum absolute atomic E-state index is 8.66. The minimum atomic E-state index is 0.328. The van der Waals surface area contributed by atoms with Crippen molar-refractivity contribution in [3.8, 4) is 6.07 Å². The lowest BCUT2D eigenvalue weighted by molar-refractivity contribution is 0.239. The molecule has 2 atom stereocenters. The van der Waals surface area contributed by atoms with Crippen molar-refractivity contribution in [2.75, 3.05) is 6.54 Å². The normalized spacial score (nSPS) is 26.1. The van der Waals surface area contributed by atoms with Gasteiger partial charge in [-0.2, -0.15) is 15.2 Å². The van der Waals surface area contributed by atoms with E-state index in [1.165, 1.54) is 19.0 Å². The number of nitriles is 1. The topological polar surface area (TPSA) is 80.5 Å². The van der Waals surface area contributed by atoms with Gasteiger partial charge in [0.2, 0.25) is 0 Å². The second-order valence-corrected chi connectivity index (χ2v) is 4.08. The molecule has 1 heterocycles. The molecule has 1 aliphatic rings. The second-order valence-electron chi connectivity index (χ2n) is 4.08. The third kappa shape index (κ3) is 2.16. The molecule has 2 rings (SSSR count). The number of nitrogens with two attached hydrogens (primary N) is 1. The van der Waals surface area contributed by atoms with Crippen LogP contribution in [0.1, 0.15) is 37.4 Å².